The van der Waals surface area contributed by atoms with Crippen molar-refractivity contribution < 1.29 is 27.5 Å². The molecule has 0 bridgehead atoms. The lowest BCUT2D eigenvalue weighted by Gasteiger charge is -2.19. The number of Topliss-reactive ketones (excluding diaryl/α,β-unsaturated/α-hetero) is 1. The highest BCUT2D eigenvalue weighted by Crippen LogP contribution is 2.19. The lowest BCUT2D eigenvalue weighted by atomic mass is 10.1. The molecule has 0 atom stereocenters. The van der Waals surface area contributed by atoms with Gasteiger partial charge in [0.2, 0.25) is 0 Å². The maximum Gasteiger partial charge on any atom is 0.346 e. The summed E-state index contributed by atoms with van der Waals surface area (Å²) in [7, 11) is 0. The predicted octanol–water partition coefficient (Wildman–Crippen LogP) is 3.89. The highest BCUT2D eigenvalue weighted by molar-refractivity contribution is 5.98. The zero-order valence-corrected chi connectivity index (χ0v) is 14.5. The molecule has 0 amide bonds. The van der Waals surface area contributed by atoms with Gasteiger partial charge in [-0.05, 0) is 51.1 Å². The fourth-order valence-electron chi connectivity index (χ4n) is 2.02. The maximum absolute atomic E-state index is 13.6. The van der Waals surface area contributed by atoms with Gasteiger partial charge in [-0.3, -0.25) is 4.79 Å². The number of halogens is 3. The Kier molecular flexibility index (Phi) is 5.82. The molecule has 0 fully saturated rings. The van der Waals surface area contributed by atoms with Crippen LogP contribution in [0.25, 0.3) is 0 Å². The summed E-state index contributed by atoms with van der Waals surface area (Å²) in [6.07, 6.45) is 0. The normalized spacial score (nSPS) is 11.3. The van der Waals surface area contributed by atoms with E-state index >= 15 is 0 Å². The zero-order chi connectivity index (χ0) is 19.5. The van der Waals surface area contributed by atoms with Crippen LogP contribution in [0.15, 0.2) is 36.4 Å². The molecule has 2 rings (SSSR count). The molecule has 0 heterocycles. The third-order valence-electron chi connectivity index (χ3n) is 3.38. The molecule has 0 aromatic heterocycles. The van der Waals surface area contributed by atoms with Crippen molar-refractivity contribution in [2.75, 3.05) is 6.54 Å². The highest BCUT2D eigenvalue weighted by atomic mass is 19.2. The predicted molar refractivity (Wildman–Crippen MR) is 89.8 cm³/mol. The second-order valence-electron chi connectivity index (χ2n) is 6.69. The number of carbonyl (C=O) groups excluding carboxylic acids is 2. The van der Waals surface area contributed by atoms with Crippen molar-refractivity contribution in [1.82, 2.24) is 5.32 Å². The first-order chi connectivity index (χ1) is 12.1. The van der Waals surface area contributed by atoms with Gasteiger partial charge in [-0.25, -0.2) is 18.0 Å². The van der Waals surface area contributed by atoms with Crippen LogP contribution in [0.4, 0.5) is 13.2 Å². The van der Waals surface area contributed by atoms with E-state index in [2.05, 4.69) is 5.32 Å². The van der Waals surface area contributed by atoms with Crippen molar-refractivity contribution in [2.24, 2.45) is 0 Å². The van der Waals surface area contributed by atoms with E-state index in [9.17, 15) is 22.8 Å². The van der Waals surface area contributed by atoms with Crippen molar-refractivity contribution in [2.45, 2.75) is 26.3 Å². The third kappa shape index (κ3) is 5.16. The SMILES string of the molecule is CC(C)(C)NCC(=O)c1ccc(OC(=O)c2cc(F)cc(F)c2F)cc1. The van der Waals surface area contributed by atoms with Gasteiger partial charge in [0.15, 0.2) is 17.4 Å². The van der Waals surface area contributed by atoms with Crippen molar-refractivity contribution in [3.63, 3.8) is 0 Å². The largest absolute Gasteiger partial charge is 0.423 e. The molecule has 138 valence electrons. The van der Waals surface area contributed by atoms with E-state index in [1.54, 1.807) is 0 Å². The molecule has 0 aliphatic carbocycles. The average molecular weight is 365 g/mol. The van der Waals surface area contributed by atoms with Crippen molar-refractivity contribution in [1.29, 1.82) is 0 Å². The quantitative estimate of drug-likeness (QED) is 0.378. The van der Waals surface area contributed by atoms with Gasteiger partial charge in [0, 0.05) is 17.2 Å². The lowest BCUT2D eigenvalue weighted by Crippen LogP contribution is -2.39. The number of ether oxygens (including phenoxy) is 1. The van der Waals surface area contributed by atoms with Crippen LogP contribution in [-0.4, -0.2) is 23.8 Å². The topological polar surface area (TPSA) is 55.4 Å². The molecule has 2 aromatic rings. The number of hydrogen-bond donors (Lipinski definition) is 1. The first kappa shape index (κ1) is 19.7. The van der Waals surface area contributed by atoms with Crippen molar-refractivity contribution >= 4 is 11.8 Å². The van der Waals surface area contributed by atoms with E-state index in [-0.39, 0.29) is 23.6 Å². The van der Waals surface area contributed by atoms with Crippen LogP contribution in [0.2, 0.25) is 0 Å². The Morgan fingerprint density at radius 1 is 1.04 bits per heavy atom. The van der Waals surface area contributed by atoms with E-state index in [1.165, 1.54) is 24.3 Å². The van der Waals surface area contributed by atoms with E-state index in [0.717, 1.165) is 0 Å². The van der Waals surface area contributed by atoms with Crippen LogP contribution < -0.4 is 10.1 Å². The molecule has 1 N–H and O–H groups in total. The Morgan fingerprint density at radius 3 is 2.23 bits per heavy atom. The van der Waals surface area contributed by atoms with Crippen molar-refractivity contribution in [3.05, 3.63) is 65.0 Å². The van der Waals surface area contributed by atoms with Crippen LogP contribution in [0.5, 0.6) is 5.75 Å². The summed E-state index contributed by atoms with van der Waals surface area (Å²) in [6.45, 7) is 5.92. The van der Waals surface area contributed by atoms with Gasteiger partial charge in [-0.1, -0.05) is 0 Å². The number of esters is 1. The fourth-order valence-corrected chi connectivity index (χ4v) is 2.02. The number of carbonyl (C=O) groups is 2. The van der Waals surface area contributed by atoms with Gasteiger partial charge in [0.05, 0.1) is 6.54 Å². The van der Waals surface area contributed by atoms with Crippen LogP contribution in [0.1, 0.15) is 41.5 Å². The average Bonchev–Trinajstić information content (AvgIpc) is 2.55. The van der Waals surface area contributed by atoms with E-state index < -0.39 is 29.0 Å². The van der Waals surface area contributed by atoms with E-state index in [0.29, 0.717) is 17.7 Å². The molecule has 7 heteroatoms. The minimum atomic E-state index is -1.49. The number of benzene rings is 2. The minimum Gasteiger partial charge on any atom is -0.423 e. The first-order valence-electron chi connectivity index (χ1n) is 7.82. The standard InChI is InChI=1S/C19H18F3NO3/c1-19(2,3)23-10-16(24)11-4-6-13(7-5-11)26-18(25)14-8-12(20)9-15(21)17(14)22/h4-9,23H,10H2,1-3H3. The Bertz CT molecular complexity index is 827. The summed E-state index contributed by atoms with van der Waals surface area (Å²) in [5.74, 6) is -5.45. The van der Waals surface area contributed by atoms with Gasteiger partial charge in [-0.2, -0.15) is 0 Å². The molecular formula is C19H18F3NO3. The van der Waals surface area contributed by atoms with Gasteiger partial charge in [-0.15, -0.1) is 0 Å². The second kappa shape index (κ2) is 7.70. The van der Waals surface area contributed by atoms with Gasteiger partial charge in [0.25, 0.3) is 0 Å². The second-order valence-corrected chi connectivity index (χ2v) is 6.69. The van der Waals surface area contributed by atoms with Crippen molar-refractivity contribution in [3.8, 4) is 5.75 Å². The molecule has 2 aromatic carbocycles. The molecule has 0 aliphatic heterocycles. The molecule has 0 saturated heterocycles. The molecule has 26 heavy (non-hydrogen) atoms. The minimum absolute atomic E-state index is 0.0133. The summed E-state index contributed by atoms with van der Waals surface area (Å²) in [6, 6.07) is 6.45. The Labute approximate surface area is 149 Å². The molecule has 4 nitrogen and oxygen atoms in total. The Morgan fingerprint density at radius 2 is 1.65 bits per heavy atom. The summed E-state index contributed by atoms with van der Waals surface area (Å²) in [5, 5.41) is 3.06. The lowest BCUT2D eigenvalue weighted by molar-refractivity contribution is 0.0728. The summed E-state index contributed by atoms with van der Waals surface area (Å²) in [5.41, 5.74) is -0.670. The van der Waals surface area contributed by atoms with Crippen LogP contribution in [-0.2, 0) is 0 Å². The Balaban J connectivity index is 2.07. The molecule has 0 radical (unpaired) electrons. The number of nitrogens with one attached hydrogen (secondary N) is 1. The van der Waals surface area contributed by atoms with Crippen LogP contribution in [0, 0.1) is 17.5 Å². The highest BCUT2D eigenvalue weighted by Gasteiger charge is 2.20. The molecule has 0 spiro atoms. The maximum atomic E-state index is 13.6. The van der Waals surface area contributed by atoms with E-state index in [4.69, 9.17) is 4.74 Å². The Hall–Kier alpha value is -2.67. The number of ketones is 1. The summed E-state index contributed by atoms with van der Waals surface area (Å²) in [4.78, 5) is 24.0. The first-order valence-corrected chi connectivity index (χ1v) is 7.82. The summed E-state index contributed by atoms with van der Waals surface area (Å²) < 4.78 is 44.8. The molecule has 0 unspecified atom stereocenters. The number of hydrogen-bond acceptors (Lipinski definition) is 4. The monoisotopic (exact) mass is 365 g/mol. The van der Waals surface area contributed by atoms with Crippen LogP contribution >= 0.6 is 0 Å². The molecule has 0 saturated carbocycles. The fraction of sp³-hybridized carbons (Fsp3) is 0.263. The third-order valence-corrected chi connectivity index (χ3v) is 3.38. The smallest absolute Gasteiger partial charge is 0.346 e. The van der Waals surface area contributed by atoms with Crippen LogP contribution in [0.3, 0.4) is 0 Å². The van der Waals surface area contributed by atoms with Gasteiger partial charge < -0.3 is 10.1 Å². The summed E-state index contributed by atoms with van der Waals surface area (Å²) >= 11 is 0. The zero-order valence-electron chi connectivity index (χ0n) is 14.5. The van der Waals surface area contributed by atoms with Gasteiger partial charge in [0.1, 0.15) is 17.1 Å². The molecule has 0 aliphatic rings. The number of rotatable bonds is 5. The van der Waals surface area contributed by atoms with E-state index in [1.807, 2.05) is 20.8 Å². The molecular weight excluding hydrogens is 347 g/mol. The van der Waals surface area contributed by atoms with Gasteiger partial charge >= 0.3 is 5.97 Å².